The van der Waals surface area contributed by atoms with Crippen LogP contribution in [-0.4, -0.2) is 29.9 Å². The van der Waals surface area contributed by atoms with E-state index >= 15 is 0 Å². The van der Waals surface area contributed by atoms with Crippen molar-refractivity contribution in [1.29, 1.82) is 0 Å². The topological polar surface area (TPSA) is 79.8 Å². The van der Waals surface area contributed by atoms with E-state index in [1.165, 1.54) is 11.8 Å². The van der Waals surface area contributed by atoms with Crippen molar-refractivity contribution in [3.8, 4) is 5.75 Å². The molecule has 0 aromatic heterocycles. The van der Waals surface area contributed by atoms with E-state index in [9.17, 15) is 9.59 Å². The summed E-state index contributed by atoms with van der Waals surface area (Å²) in [7, 11) is 0. The lowest BCUT2D eigenvalue weighted by Crippen LogP contribution is -2.26. The van der Waals surface area contributed by atoms with Gasteiger partial charge in [-0.25, -0.2) is 5.43 Å². The Morgan fingerprint density at radius 3 is 2.36 bits per heavy atom. The van der Waals surface area contributed by atoms with Gasteiger partial charge in [0.05, 0.1) is 11.5 Å². The Balaban J connectivity index is 1.41. The fourth-order valence-electron chi connectivity index (χ4n) is 2.67. The molecule has 0 spiro atoms. The van der Waals surface area contributed by atoms with Gasteiger partial charge in [0.15, 0.2) is 6.61 Å². The summed E-state index contributed by atoms with van der Waals surface area (Å²) in [6.45, 7) is 3.70. The van der Waals surface area contributed by atoms with Gasteiger partial charge >= 0.3 is 0 Å². The third-order valence-electron chi connectivity index (χ3n) is 4.47. The number of nitrogens with one attached hydrogen (secondary N) is 2. The molecule has 8 heteroatoms. The standard InChI is InChI=1S/C25H24ClN3O3S/c1-17-3-9-21(10-4-17)28-24(30)16-32-22-11-5-19(6-12-22)15-27-29-25(31)18(2)33-23-13-7-20(26)8-14-23/h3-15,18H,16H2,1-2H3,(H,28,30)(H,29,31)/b27-15+. The van der Waals surface area contributed by atoms with E-state index in [0.717, 1.165) is 21.7 Å². The number of ether oxygens (including phenoxy) is 1. The van der Waals surface area contributed by atoms with Gasteiger partial charge in [-0.05, 0) is 80.1 Å². The van der Waals surface area contributed by atoms with Crippen molar-refractivity contribution in [1.82, 2.24) is 5.43 Å². The van der Waals surface area contributed by atoms with Gasteiger partial charge < -0.3 is 10.1 Å². The molecule has 2 amide bonds. The Morgan fingerprint density at radius 1 is 1.03 bits per heavy atom. The van der Waals surface area contributed by atoms with E-state index in [2.05, 4.69) is 15.8 Å². The number of carbonyl (C=O) groups is 2. The van der Waals surface area contributed by atoms with Gasteiger partial charge in [0.25, 0.3) is 11.8 Å². The number of benzene rings is 3. The van der Waals surface area contributed by atoms with Crippen molar-refractivity contribution in [3.63, 3.8) is 0 Å². The number of hydrogen-bond donors (Lipinski definition) is 2. The van der Waals surface area contributed by atoms with Crippen molar-refractivity contribution in [3.05, 3.63) is 88.9 Å². The Hall–Kier alpha value is -3.29. The maximum Gasteiger partial charge on any atom is 0.262 e. The molecule has 0 saturated heterocycles. The highest BCUT2D eigenvalue weighted by atomic mass is 35.5. The number of halogens is 1. The number of hydrazone groups is 1. The summed E-state index contributed by atoms with van der Waals surface area (Å²) in [6, 6.07) is 21.9. The van der Waals surface area contributed by atoms with Crippen LogP contribution in [0.2, 0.25) is 5.02 Å². The van der Waals surface area contributed by atoms with Crippen LogP contribution in [0.25, 0.3) is 0 Å². The first kappa shape index (κ1) is 24.4. The normalized spacial score (nSPS) is 11.7. The first-order valence-electron chi connectivity index (χ1n) is 10.2. The molecule has 0 aliphatic rings. The van der Waals surface area contributed by atoms with Crippen LogP contribution < -0.4 is 15.5 Å². The van der Waals surface area contributed by atoms with E-state index in [4.69, 9.17) is 16.3 Å². The van der Waals surface area contributed by atoms with Crippen LogP contribution in [-0.2, 0) is 9.59 Å². The number of amides is 2. The molecular formula is C25H24ClN3O3S. The maximum atomic E-state index is 12.2. The largest absolute Gasteiger partial charge is 0.484 e. The molecule has 0 saturated carbocycles. The zero-order chi connectivity index (χ0) is 23.6. The summed E-state index contributed by atoms with van der Waals surface area (Å²) < 4.78 is 5.52. The quantitative estimate of drug-likeness (QED) is 0.247. The Morgan fingerprint density at radius 2 is 1.70 bits per heavy atom. The van der Waals surface area contributed by atoms with Crippen molar-refractivity contribution in [2.24, 2.45) is 5.10 Å². The maximum absolute atomic E-state index is 12.2. The van der Waals surface area contributed by atoms with Crippen LogP contribution in [0.5, 0.6) is 5.75 Å². The average molecular weight is 482 g/mol. The predicted molar refractivity (Wildman–Crippen MR) is 134 cm³/mol. The van der Waals surface area contributed by atoms with Crippen LogP contribution in [0.1, 0.15) is 18.1 Å². The third-order valence-corrected chi connectivity index (χ3v) is 5.83. The lowest BCUT2D eigenvalue weighted by molar-refractivity contribution is -0.120. The van der Waals surface area contributed by atoms with Crippen LogP contribution in [0.15, 0.2) is 82.8 Å². The fraction of sp³-hybridized carbons (Fsp3) is 0.160. The molecule has 3 aromatic carbocycles. The molecule has 3 rings (SSSR count). The Labute approximate surface area is 202 Å². The van der Waals surface area contributed by atoms with Gasteiger partial charge in [0.2, 0.25) is 0 Å². The van der Waals surface area contributed by atoms with Gasteiger partial charge in [-0.3, -0.25) is 9.59 Å². The summed E-state index contributed by atoms with van der Waals surface area (Å²) in [5.41, 5.74) is 5.17. The molecule has 3 aromatic rings. The molecule has 0 heterocycles. The zero-order valence-corrected chi connectivity index (χ0v) is 19.8. The second-order valence-electron chi connectivity index (χ2n) is 7.22. The highest BCUT2D eigenvalue weighted by Gasteiger charge is 2.13. The molecule has 1 atom stereocenters. The van der Waals surface area contributed by atoms with E-state index < -0.39 is 0 Å². The second kappa shape index (κ2) is 12.1. The first-order valence-corrected chi connectivity index (χ1v) is 11.5. The highest BCUT2D eigenvalue weighted by Crippen LogP contribution is 2.24. The molecule has 33 heavy (non-hydrogen) atoms. The number of aryl methyl sites for hydroxylation is 1. The minimum Gasteiger partial charge on any atom is -0.484 e. The molecule has 170 valence electrons. The number of nitrogens with zero attached hydrogens (tertiary/aromatic N) is 1. The summed E-state index contributed by atoms with van der Waals surface area (Å²) in [6.07, 6.45) is 1.55. The summed E-state index contributed by atoms with van der Waals surface area (Å²) in [5, 5.41) is 7.14. The molecule has 0 bridgehead atoms. The molecule has 2 N–H and O–H groups in total. The number of hydrogen-bond acceptors (Lipinski definition) is 5. The Bertz CT molecular complexity index is 1100. The van der Waals surface area contributed by atoms with Gasteiger partial charge in [-0.15, -0.1) is 11.8 Å². The van der Waals surface area contributed by atoms with Crippen molar-refractivity contribution in [2.75, 3.05) is 11.9 Å². The van der Waals surface area contributed by atoms with Gasteiger partial charge in [-0.2, -0.15) is 5.10 Å². The number of thioether (sulfide) groups is 1. The smallest absolute Gasteiger partial charge is 0.262 e. The number of anilines is 1. The molecule has 0 aliphatic carbocycles. The first-order chi connectivity index (χ1) is 15.9. The lowest BCUT2D eigenvalue weighted by Gasteiger charge is -2.09. The van der Waals surface area contributed by atoms with Crippen LogP contribution in [0, 0.1) is 6.92 Å². The lowest BCUT2D eigenvalue weighted by atomic mass is 10.2. The SMILES string of the molecule is Cc1ccc(NC(=O)COc2ccc(/C=N/NC(=O)C(C)Sc3ccc(Cl)cc3)cc2)cc1. The summed E-state index contributed by atoms with van der Waals surface area (Å²) in [4.78, 5) is 25.2. The predicted octanol–water partition coefficient (Wildman–Crippen LogP) is 5.30. The second-order valence-corrected chi connectivity index (χ2v) is 9.07. The van der Waals surface area contributed by atoms with Crippen LogP contribution in [0.4, 0.5) is 5.69 Å². The minimum absolute atomic E-state index is 0.0967. The molecule has 0 aliphatic heterocycles. The van der Waals surface area contributed by atoms with Crippen molar-refractivity contribution >= 4 is 47.1 Å². The summed E-state index contributed by atoms with van der Waals surface area (Å²) in [5.74, 6) is 0.117. The Kier molecular flexibility index (Phi) is 8.92. The molecule has 0 radical (unpaired) electrons. The molecule has 6 nitrogen and oxygen atoms in total. The number of carbonyl (C=O) groups excluding carboxylic acids is 2. The van der Waals surface area contributed by atoms with Gasteiger partial charge in [0.1, 0.15) is 5.75 Å². The van der Waals surface area contributed by atoms with Gasteiger partial charge in [-0.1, -0.05) is 29.3 Å². The molecule has 1 unspecified atom stereocenters. The zero-order valence-electron chi connectivity index (χ0n) is 18.2. The van der Waals surface area contributed by atoms with Gasteiger partial charge in [0, 0.05) is 15.6 Å². The summed E-state index contributed by atoms with van der Waals surface area (Å²) >= 11 is 7.30. The molecular weight excluding hydrogens is 458 g/mol. The minimum atomic E-state index is -0.315. The third kappa shape index (κ3) is 8.29. The monoisotopic (exact) mass is 481 g/mol. The van der Waals surface area contributed by atoms with E-state index in [0.29, 0.717) is 10.8 Å². The highest BCUT2D eigenvalue weighted by molar-refractivity contribution is 8.00. The van der Waals surface area contributed by atoms with E-state index in [1.54, 1.807) is 42.6 Å². The van der Waals surface area contributed by atoms with E-state index in [-0.39, 0.29) is 23.7 Å². The van der Waals surface area contributed by atoms with Crippen molar-refractivity contribution in [2.45, 2.75) is 24.0 Å². The van der Waals surface area contributed by atoms with Crippen molar-refractivity contribution < 1.29 is 14.3 Å². The average Bonchev–Trinajstić information content (AvgIpc) is 2.81. The van der Waals surface area contributed by atoms with Crippen LogP contribution >= 0.6 is 23.4 Å². The number of rotatable bonds is 9. The van der Waals surface area contributed by atoms with E-state index in [1.807, 2.05) is 50.2 Å². The van der Waals surface area contributed by atoms with Crippen LogP contribution in [0.3, 0.4) is 0 Å². The molecule has 0 fully saturated rings. The fourth-order valence-corrected chi connectivity index (χ4v) is 3.65.